The average molecular weight is 412 g/mol. The minimum atomic E-state index is -0.283. The van der Waals surface area contributed by atoms with Gasteiger partial charge in [0.25, 0.3) is 5.91 Å². The van der Waals surface area contributed by atoms with Gasteiger partial charge in [-0.2, -0.15) is 0 Å². The second-order valence-corrected chi connectivity index (χ2v) is 7.06. The van der Waals surface area contributed by atoms with E-state index in [2.05, 4.69) is 10.3 Å². The third-order valence-electron chi connectivity index (χ3n) is 3.94. The summed E-state index contributed by atoms with van der Waals surface area (Å²) in [5.41, 5.74) is 2.11. The fourth-order valence-electron chi connectivity index (χ4n) is 2.55. The summed E-state index contributed by atoms with van der Waals surface area (Å²) in [5, 5.41) is 5.10. The van der Waals surface area contributed by atoms with Crippen molar-refractivity contribution in [1.29, 1.82) is 0 Å². The zero-order valence-corrected chi connectivity index (χ0v) is 16.7. The van der Waals surface area contributed by atoms with Gasteiger partial charge >= 0.3 is 0 Å². The average Bonchev–Trinajstić information content (AvgIpc) is 3.24. The normalized spacial score (nSPS) is 11.0. The maximum atomic E-state index is 13.1. The first kappa shape index (κ1) is 20.7. The van der Waals surface area contributed by atoms with E-state index in [0.29, 0.717) is 29.7 Å². The quantitative estimate of drug-likeness (QED) is 0.391. The van der Waals surface area contributed by atoms with E-state index in [9.17, 15) is 9.18 Å². The van der Waals surface area contributed by atoms with E-state index in [1.54, 1.807) is 43.0 Å². The van der Waals surface area contributed by atoms with Gasteiger partial charge in [-0.1, -0.05) is 24.3 Å². The van der Waals surface area contributed by atoms with Gasteiger partial charge in [-0.3, -0.25) is 10.1 Å². The van der Waals surface area contributed by atoms with Crippen LogP contribution in [0.2, 0.25) is 0 Å². The molecule has 5 nitrogen and oxygen atoms in total. The molecule has 1 heterocycles. The number of rotatable bonds is 9. The second-order valence-electron chi connectivity index (χ2n) is 6.16. The zero-order valence-electron chi connectivity index (χ0n) is 15.9. The van der Waals surface area contributed by atoms with Gasteiger partial charge in [-0.05, 0) is 41.5 Å². The first-order valence-corrected chi connectivity index (χ1v) is 9.93. The molecule has 0 spiro atoms. The molecule has 0 aliphatic heterocycles. The fourth-order valence-corrected chi connectivity index (χ4v) is 3.07. The monoisotopic (exact) mass is 412 g/mol. The van der Waals surface area contributed by atoms with Crippen LogP contribution in [0.4, 0.5) is 9.52 Å². The SMILES string of the molecule is COCCCOc1cc(/C=C/c2ccc(F)cc2)cc(C(=O)Nc2nccs2)c1. The number of nitrogens with zero attached hydrogens (tertiary/aromatic N) is 1. The molecular weight excluding hydrogens is 391 g/mol. The number of hydrogen-bond acceptors (Lipinski definition) is 5. The minimum absolute atomic E-state index is 0.265. The van der Waals surface area contributed by atoms with Crippen LogP contribution in [-0.4, -0.2) is 31.2 Å². The molecule has 3 aromatic rings. The number of ether oxygens (including phenoxy) is 2. The Hall–Kier alpha value is -3.03. The number of amides is 1. The Bertz CT molecular complexity index is 957. The van der Waals surface area contributed by atoms with Crippen molar-refractivity contribution in [1.82, 2.24) is 4.98 Å². The smallest absolute Gasteiger partial charge is 0.257 e. The number of methoxy groups -OCH3 is 1. The Morgan fingerprint density at radius 3 is 2.66 bits per heavy atom. The number of nitrogens with one attached hydrogen (secondary N) is 1. The van der Waals surface area contributed by atoms with Gasteiger partial charge < -0.3 is 9.47 Å². The minimum Gasteiger partial charge on any atom is -0.493 e. The lowest BCUT2D eigenvalue weighted by atomic mass is 10.1. The van der Waals surface area contributed by atoms with Crippen molar-refractivity contribution in [2.75, 3.05) is 25.6 Å². The highest BCUT2D eigenvalue weighted by Crippen LogP contribution is 2.21. The molecule has 0 aliphatic rings. The molecular formula is C22H21FN2O3S. The summed E-state index contributed by atoms with van der Waals surface area (Å²) in [6.45, 7) is 1.08. The molecule has 1 N–H and O–H groups in total. The van der Waals surface area contributed by atoms with E-state index >= 15 is 0 Å². The molecule has 0 bridgehead atoms. The van der Waals surface area contributed by atoms with E-state index in [1.165, 1.54) is 23.5 Å². The van der Waals surface area contributed by atoms with Crippen LogP contribution in [0.1, 0.15) is 27.9 Å². The molecule has 2 aromatic carbocycles. The van der Waals surface area contributed by atoms with Crippen molar-refractivity contribution >= 4 is 34.5 Å². The first-order chi connectivity index (χ1) is 14.1. The Morgan fingerprint density at radius 2 is 1.93 bits per heavy atom. The predicted octanol–water partition coefficient (Wildman–Crippen LogP) is 5.12. The lowest BCUT2D eigenvalue weighted by Crippen LogP contribution is -2.12. The fraction of sp³-hybridized carbons (Fsp3) is 0.182. The van der Waals surface area contributed by atoms with Crippen LogP contribution in [-0.2, 0) is 4.74 Å². The Balaban J connectivity index is 1.81. The lowest BCUT2D eigenvalue weighted by Gasteiger charge is -2.10. The highest BCUT2D eigenvalue weighted by molar-refractivity contribution is 7.13. The maximum absolute atomic E-state index is 13.1. The van der Waals surface area contributed by atoms with E-state index in [-0.39, 0.29) is 11.7 Å². The second kappa shape index (κ2) is 10.5. The summed E-state index contributed by atoms with van der Waals surface area (Å²) < 4.78 is 23.9. The van der Waals surface area contributed by atoms with Crippen LogP contribution in [0.25, 0.3) is 12.2 Å². The molecule has 7 heteroatoms. The Morgan fingerprint density at radius 1 is 1.14 bits per heavy atom. The van der Waals surface area contributed by atoms with Crippen molar-refractivity contribution in [2.24, 2.45) is 0 Å². The summed E-state index contributed by atoms with van der Waals surface area (Å²) in [7, 11) is 1.64. The molecule has 0 fully saturated rings. The molecule has 1 aromatic heterocycles. The molecule has 150 valence electrons. The van der Waals surface area contributed by atoms with Gasteiger partial charge in [0.2, 0.25) is 0 Å². The molecule has 29 heavy (non-hydrogen) atoms. The summed E-state index contributed by atoms with van der Waals surface area (Å²) in [5.74, 6) is 0.0418. The van der Waals surface area contributed by atoms with Crippen molar-refractivity contribution in [3.63, 3.8) is 0 Å². The number of benzene rings is 2. The van der Waals surface area contributed by atoms with E-state index < -0.39 is 0 Å². The first-order valence-electron chi connectivity index (χ1n) is 9.05. The van der Waals surface area contributed by atoms with Gasteiger partial charge in [0.1, 0.15) is 11.6 Å². The molecule has 3 rings (SSSR count). The Kier molecular flexibility index (Phi) is 7.49. The number of aromatic nitrogens is 1. The summed E-state index contributed by atoms with van der Waals surface area (Å²) in [6.07, 6.45) is 6.08. The van der Waals surface area contributed by atoms with E-state index in [1.807, 2.05) is 18.2 Å². The predicted molar refractivity (Wildman–Crippen MR) is 114 cm³/mol. The van der Waals surface area contributed by atoms with Gasteiger partial charge in [-0.15, -0.1) is 11.3 Å². The standard InChI is InChI=1S/C22H21FN2O3S/c1-27-10-2-11-28-20-14-17(4-3-16-5-7-19(23)8-6-16)13-18(15-20)21(26)25-22-24-9-12-29-22/h3-9,12-15H,2,10-11H2,1H3,(H,24,25,26)/b4-3+. The number of halogens is 1. The van der Waals surface area contributed by atoms with E-state index in [0.717, 1.165) is 17.5 Å². The van der Waals surface area contributed by atoms with Crippen LogP contribution in [0, 0.1) is 5.82 Å². The number of anilines is 1. The number of carbonyl (C=O) groups excluding carboxylic acids is 1. The van der Waals surface area contributed by atoms with E-state index in [4.69, 9.17) is 9.47 Å². The van der Waals surface area contributed by atoms with Crippen molar-refractivity contribution in [2.45, 2.75) is 6.42 Å². The van der Waals surface area contributed by atoms with Crippen LogP contribution in [0.5, 0.6) is 5.75 Å². The van der Waals surface area contributed by atoms with Crippen LogP contribution in [0.15, 0.2) is 54.0 Å². The van der Waals surface area contributed by atoms with Crippen molar-refractivity contribution < 1.29 is 18.7 Å². The van der Waals surface area contributed by atoms with Crippen LogP contribution < -0.4 is 10.1 Å². The molecule has 0 radical (unpaired) electrons. The van der Waals surface area contributed by atoms with Gasteiger partial charge in [0, 0.05) is 37.3 Å². The molecule has 1 amide bonds. The van der Waals surface area contributed by atoms with Crippen molar-refractivity contribution in [3.8, 4) is 5.75 Å². The van der Waals surface area contributed by atoms with Crippen LogP contribution in [0.3, 0.4) is 0 Å². The molecule has 0 atom stereocenters. The van der Waals surface area contributed by atoms with Crippen molar-refractivity contribution in [3.05, 3.63) is 76.5 Å². The summed E-state index contributed by atoms with van der Waals surface area (Å²) >= 11 is 1.35. The van der Waals surface area contributed by atoms with Gasteiger partial charge in [0.15, 0.2) is 5.13 Å². The molecule has 0 saturated heterocycles. The molecule has 0 saturated carbocycles. The lowest BCUT2D eigenvalue weighted by molar-refractivity contribution is 0.102. The maximum Gasteiger partial charge on any atom is 0.257 e. The number of carbonyl (C=O) groups is 1. The molecule has 0 aliphatic carbocycles. The summed E-state index contributed by atoms with van der Waals surface area (Å²) in [4.78, 5) is 16.7. The highest BCUT2D eigenvalue weighted by Gasteiger charge is 2.11. The van der Waals surface area contributed by atoms with Gasteiger partial charge in [-0.25, -0.2) is 9.37 Å². The zero-order chi connectivity index (χ0) is 20.5. The summed E-state index contributed by atoms with van der Waals surface area (Å²) in [6, 6.07) is 11.5. The third-order valence-corrected chi connectivity index (χ3v) is 4.63. The molecule has 0 unspecified atom stereocenters. The van der Waals surface area contributed by atoms with Crippen LogP contribution >= 0.6 is 11.3 Å². The van der Waals surface area contributed by atoms with Gasteiger partial charge in [0.05, 0.1) is 6.61 Å². The third kappa shape index (κ3) is 6.51. The largest absolute Gasteiger partial charge is 0.493 e. The number of hydrogen-bond donors (Lipinski definition) is 1. The Labute approximate surface area is 172 Å². The topological polar surface area (TPSA) is 60.5 Å². The highest BCUT2D eigenvalue weighted by atomic mass is 32.1. The number of thiazole rings is 1.